The van der Waals surface area contributed by atoms with Crippen molar-refractivity contribution in [1.82, 2.24) is 5.32 Å². The average Bonchev–Trinajstić information content (AvgIpc) is 2.29. The highest BCUT2D eigenvalue weighted by molar-refractivity contribution is 6.39. The van der Waals surface area contributed by atoms with Crippen molar-refractivity contribution in [3.63, 3.8) is 0 Å². The minimum absolute atomic E-state index is 0.464. The Bertz CT molecular complexity index is 520. The number of benzene rings is 2. The van der Waals surface area contributed by atoms with Crippen molar-refractivity contribution in [1.29, 1.82) is 5.41 Å². The molecule has 0 heterocycles. The van der Waals surface area contributed by atoms with Gasteiger partial charge in [-0.2, -0.15) is 0 Å². The van der Waals surface area contributed by atoms with Crippen LogP contribution in [-0.2, 0) is 0 Å². The van der Waals surface area contributed by atoms with E-state index in [0.29, 0.717) is 5.84 Å². The normalized spacial score (nSPS) is 10.2. The smallest absolute Gasteiger partial charge is 0.140 e. The molecule has 2 nitrogen and oxygen atoms in total. The molecule has 0 bridgehead atoms. The fourth-order valence-electron chi connectivity index (χ4n) is 1.80. The second kappa shape index (κ2) is 3.77. The first kappa shape index (κ1) is 9.78. The van der Waals surface area contributed by atoms with E-state index in [0.717, 1.165) is 10.9 Å². The van der Waals surface area contributed by atoms with Crippen LogP contribution >= 0.6 is 0 Å². The third-order valence-electron chi connectivity index (χ3n) is 2.66. The summed E-state index contributed by atoms with van der Waals surface area (Å²) < 4.78 is 0. The van der Waals surface area contributed by atoms with Crippen molar-refractivity contribution in [2.45, 2.75) is 0 Å². The maximum absolute atomic E-state index is 7.82. The van der Waals surface area contributed by atoms with Crippen LogP contribution in [0.5, 0.6) is 0 Å². The van der Waals surface area contributed by atoms with Gasteiger partial charge in [-0.3, -0.25) is 5.41 Å². The van der Waals surface area contributed by atoms with E-state index in [4.69, 9.17) is 5.41 Å². The van der Waals surface area contributed by atoms with E-state index in [9.17, 15) is 0 Å². The molecule has 0 saturated heterocycles. The Morgan fingerprint density at radius 2 is 1.80 bits per heavy atom. The quantitative estimate of drug-likeness (QED) is 0.392. The van der Waals surface area contributed by atoms with Gasteiger partial charge in [-0.05, 0) is 10.8 Å². The van der Waals surface area contributed by atoms with Crippen LogP contribution in [0.1, 0.15) is 5.56 Å². The molecular weight excluding hydrogens is 183 g/mol. The SMILES string of the molecule is Bc1ccc(C(=N)NC)c2ccccc12. The molecule has 0 spiro atoms. The van der Waals surface area contributed by atoms with Crippen LogP contribution in [0.15, 0.2) is 36.4 Å². The molecule has 74 valence electrons. The van der Waals surface area contributed by atoms with Crippen molar-refractivity contribution in [3.05, 3.63) is 42.0 Å². The predicted molar refractivity (Wildman–Crippen MR) is 68.0 cm³/mol. The van der Waals surface area contributed by atoms with E-state index in [1.165, 1.54) is 10.8 Å². The van der Waals surface area contributed by atoms with Crippen molar-refractivity contribution in [2.75, 3.05) is 7.05 Å². The lowest BCUT2D eigenvalue weighted by atomic mass is 9.88. The molecule has 0 atom stereocenters. The summed E-state index contributed by atoms with van der Waals surface area (Å²) in [4.78, 5) is 0. The molecule has 2 aromatic carbocycles. The fourth-order valence-corrected chi connectivity index (χ4v) is 1.80. The van der Waals surface area contributed by atoms with Gasteiger partial charge in [0.1, 0.15) is 13.7 Å². The predicted octanol–water partition coefficient (Wildman–Crippen LogP) is 0.643. The summed E-state index contributed by atoms with van der Waals surface area (Å²) in [5.41, 5.74) is 2.21. The summed E-state index contributed by atoms with van der Waals surface area (Å²) in [6, 6.07) is 12.2. The standard InChI is InChI=1S/C12H13BN2/c1-15-12(14)10-6-7-11(13)9-5-3-2-4-8(9)10/h2-7H,13H2,1H3,(H2,14,15). The van der Waals surface area contributed by atoms with Gasteiger partial charge in [-0.25, -0.2) is 0 Å². The zero-order valence-corrected chi connectivity index (χ0v) is 8.96. The van der Waals surface area contributed by atoms with Crippen molar-refractivity contribution >= 4 is 29.9 Å². The fraction of sp³-hybridized carbons (Fsp3) is 0.0833. The molecule has 2 rings (SSSR count). The highest BCUT2D eigenvalue weighted by Gasteiger charge is 2.05. The zero-order chi connectivity index (χ0) is 10.8. The molecule has 2 aromatic rings. The van der Waals surface area contributed by atoms with Gasteiger partial charge < -0.3 is 5.32 Å². The molecule has 0 saturated carbocycles. The van der Waals surface area contributed by atoms with Gasteiger partial charge in [0, 0.05) is 12.6 Å². The second-order valence-corrected chi connectivity index (χ2v) is 3.60. The van der Waals surface area contributed by atoms with E-state index in [2.05, 4.69) is 31.4 Å². The van der Waals surface area contributed by atoms with Crippen LogP contribution in [0.3, 0.4) is 0 Å². The molecule has 15 heavy (non-hydrogen) atoms. The van der Waals surface area contributed by atoms with Crippen molar-refractivity contribution < 1.29 is 0 Å². The lowest BCUT2D eigenvalue weighted by molar-refractivity contribution is 1.15. The largest absolute Gasteiger partial charge is 0.373 e. The van der Waals surface area contributed by atoms with Gasteiger partial charge in [0.25, 0.3) is 0 Å². The summed E-state index contributed by atoms with van der Waals surface area (Å²) in [5, 5.41) is 13.0. The first-order valence-corrected chi connectivity index (χ1v) is 4.99. The third-order valence-corrected chi connectivity index (χ3v) is 2.66. The maximum Gasteiger partial charge on any atom is 0.140 e. The molecule has 0 aliphatic rings. The summed E-state index contributed by atoms with van der Waals surface area (Å²) >= 11 is 0. The Labute approximate surface area is 90.2 Å². The van der Waals surface area contributed by atoms with Gasteiger partial charge in [-0.1, -0.05) is 41.9 Å². The molecule has 3 heteroatoms. The van der Waals surface area contributed by atoms with Gasteiger partial charge in [-0.15, -0.1) is 0 Å². The lowest BCUT2D eigenvalue weighted by Gasteiger charge is -2.09. The topological polar surface area (TPSA) is 35.9 Å². The van der Waals surface area contributed by atoms with Gasteiger partial charge >= 0.3 is 0 Å². The molecule has 0 fully saturated rings. The second-order valence-electron chi connectivity index (χ2n) is 3.60. The highest BCUT2D eigenvalue weighted by Crippen LogP contribution is 2.16. The van der Waals surface area contributed by atoms with Crippen LogP contribution in [0.4, 0.5) is 0 Å². The molecule has 0 radical (unpaired) electrons. The highest BCUT2D eigenvalue weighted by atomic mass is 14.9. The Morgan fingerprint density at radius 1 is 1.13 bits per heavy atom. The molecule has 0 aromatic heterocycles. The molecule has 0 aliphatic heterocycles. The van der Waals surface area contributed by atoms with Crippen molar-refractivity contribution in [2.24, 2.45) is 0 Å². The summed E-state index contributed by atoms with van der Waals surface area (Å²) in [6.07, 6.45) is 0. The van der Waals surface area contributed by atoms with E-state index in [1.54, 1.807) is 7.05 Å². The number of rotatable bonds is 1. The number of amidine groups is 1. The minimum atomic E-state index is 0.464. The molecule has 0 amide bonds. The Morgan fingerprint density at radius 3 is 2.47 bits per heavy atom. The van der Waals surface area contributed by atoms with Crippen LogP contribution in [0.2, 0.25) is 0 Å². The third kappa shape index (κ3) is 1.61. The van der Waals surface area contributed by atoms with Gasteiger partial charge in [0.05, 0.1) is 0 Å². The van der Waals surface area contributed by atoms with Gasteiger partial charge in [0.2, 0.25) is 0 Å². The Kier molecular flexibility index (Phi) is 2.46. The van der Waals surface area contributed by atoms with Crippen LogP contribution in [-0.4, -0.2) is 20.7 Å². The summed E-state index contributed by atoms with van der Waals surface area (Å²) in [6.45, 7) is 0. The number of nitrogens with one attached hydrogen (secondary N) is 2. The van der Waals surface area contributed by atoms with Crippen LogP contribution < -0.4 is 10.8 Å². The van der Waals surface area contributed by atoms with Gasteiger partial charge in [0.15, 0.2) is 0 Å². The number of fused-ring (bicyclic) bond motifs is 1. The lowest BCUT2D eigenvalue weighted by Crippen LogP contribution is -2.19. The average molecular weight is 196 g/mol. The molecule has 2 N–H and O–H groups in total. The molecule has 0 unspecified atom stereocenters. The maximum atomic E-state index is 7.82. The first-order chi connectivity index (χ1) is 7.24. The zero-order valence-electron chi connectivity index (χ0n) is 8.96. The number of hydrogen-bond acceptors (Lipinski definition) is 1. The molecular formula is C12H13BN2. The number of hydrogen-bond donors (Lipinski definition) is 2. The summed E-state index contributed by atoms with van der Waals surface area (Å²) in [5.74, 6) is 0.464. The monoisotopic (exact) mass is 196 g/mol. The van der Waals surface area contributed by atoms with Crippen molar-refractivity contribution in [3.8, 4) is 0 Å². The first-order valence-electron chi connectivity index (χ1n) is 4.99. The van der Waals surface area contributed by atoms with Crippen LogP contribution in [0.25, 0.3) is 10.8 Å². The Hall–Kier alpha value is -1.77. The summed E-state index contributed by atoms with van der Waals surface area (Å²) in [7, 11) is 3.87. The van der Waals surface area contributed by atoms with E-state index in [-0.39, 0.29) is 0 Å². The minimum Gasteiger partial charge on any atom is -0.373 e. The van der Waals surface area contributed by atoms with E-state index < -0.39 is 0 Å². The Balaban J connectivity index is 2.77. The van der Waals surface area contributed by atoms with Crippen LogP contribution in [0, 0.1) is 5.41 Å². The molecule has 0 aliphatic carbocycles. The van der Waals surface area contributed by atoms with E-state index in [1.807, 2.05) is 18.2 Å². The van der Waals surface area contributed by atoms with E-state index >= 15 is 0 Å².